The lowest BCUT2D eigenvalue weighted by molar-refractivity contribution is 0.305. The van der Waals surface area contributed by atoms with Gasteiger partial charge in [-0.3, -0.25) is 0 Å². The predicted molar refractivity (Wildman–Crippen MR) is 75.4 cm³/mol. The standard InChI is InChI=1S/C12H8BrClN4O/c13-7-3-8-9-11(10(7)14)19-4-6(1-2-15)18-12(9)17-5-16-8/h3,5-6H,1,4H2,(H,16,17,18)/t6-/m0/s1. The fourth-order valence-electron chi connectivity index (χ4n) is 2.02. The van der Waals surface area contributed by atoms with E-state index in [1.165, 1.54) is 6.33 Å². The fourth-order valence-corrected chi connectivity index (χ4v) is 2.62. The summed E-state index contributed by atoms with van der Waals surface area (Å²) in [7, 11) is 0. The van der Waals surface area contributed by atoms with Crippen molar-refractivity contribution in [3.8, 4) is 11.8 Å². The number of aromatic nitrogens is 2. The van der Waals surface area contributed by atoms with E-state index in [1.54, 1.807) is 0 Å². The molecule has 0 saturated carbocycles. The first-order chi connectivity index (χ1) is 9.20. The van der Waals surface area contributed by atoms with Gasteiger partial charge in [0.15, 0.2) is 5.75 Å². The minimum atomic E-state index is -0.120. The van der Waals surface area contributed by atoms with Gasteiger partial charge in [-0.05, 0) is 22.0 Å². The number of nitrogens with zero attached hydrogens (tertiary/aromatic N) is 3. The molecule has 0 bridgehead atoms. The highest BCUT2D eigenvalue weighted by molar-refractivity contribution is 9.10. The van der Waals surface area contributed by atoms with E-state index in [4.69, 9.17) is 21.6 Å². The second-order valence-corrected chi connectivity index (χ2v) is 5.36. The molecule has 96 valence electrons. The van der Waals surface area contributed by atoms with Crippen LogP contribution in [0.1, 0.15) is 6.42 Å². The van der Waals surface area contributed by atoms with Gasteiger partial charge >= 0.3 is 0 Å². The van der Waals surface area contributed by atoms with Crippen LogP contribution in [0.15, 0.2) is 16.9 Å². The van der Waals surface area contributed by atoms with Crippen molar-refractivity contribution in [3.63, 3.8) is 0 Å². The van der Waals surface area contributed by atoms with Crippen LogP contribution in [0, 0.1) is 11.3 Å². The summed E-state index contributed by atoms with van der Waals surface area (Å²) in [5, 5.41) is 13.2. The molecule has 1 atom stereocenters. The zero-order valence-electron chi connectivity index (χ0n) is 9.65. The molecule has 1 aliphatic heterocycles. The SMILES string of the molecule is N#CC[C@H]1COc2c(Cl)c(Br)cc3ncnc(c23)N1. The van der Waals surface area contributed by atoms with Crippen LogP contribution in [-0.2, 0) is 0 Å². The zero-order valence-corrected chi connectivity index (χ0v) is 12.0. The number of rotatable bonds is 1. The Bertz CT molecular complexity index is 700. The van der Waals surface area contributed by atoms with Gasteiger partial charge in [-0.1, -0.05) is 11.6 Å². The summed E-state index contributed by atoms with van der Waals surface area (Å²) in [5.41, 5.74) is 0.737. The Balaban J connectivity index is 2.23. The Morgan fingerprint density at radius 1 is 1.58 bits per heavy atom. The number of nitriles is 1. The normalized spacial score (nSPS) is 17.2. The highest BCUT2D eigenvalue weighted by Gasteiger charge is 2.23. The van der Waals surface area contributed by atoms with E-state index in [-0.39, 0.29) is 6.04 Å². The molecule has 1 N–H and O–H groups in total. The van der Waals surface area contributed by atoms with E-state index in [2.05, 4.69) is 37.3 Å². The molecule has 0 amide bonds. The minimum Gasteiger partial charge on any atom is -0.489 e. The van der Waals surface area contributed by atoms with Gasteiger partial charge in [0, 0.05) is 4.47 Å². The maximum atomic E-state index is 8.81. The van der Waals surface area contributed by atoms with Gasteiger partial charge in [0.05, 0.1) is 34.5 Å². The average molecular weight is 340 g/mol. The van der Waals surface area contributed by atoms with E-state index in [0.717, 1.165) is 15.4 Å². The summed E-state index contributed by atoms with van der Waals surface area (Å²) in [4.78, 5) is 8.43. The molecule has 2 aromatic rings. The summed E-state index contributed by atoms with van der Waals surface area (Å²) in [5.74, 6) is 1.20. The van der Waals surface area contributed by atoms with E-state index >= 15 is 0 Å². The number of benzene rings is 1. The summed E-state index contributed by atoms with van der Waals surface area (Å²) < 4.78 is 6.46. The van der Waals surface area contributed by atoms with Crippen molar-refractivity contribution in [2.45, 2.75) is 12.5 Å². The lowest BCUT2D eigenvalue weighted by Gasteiger charge is -2.12. The van der Waals surface area contributed by atoms with Gasteiger partial charge in [-0.2, -0.15) is 5.26 Å². The lowest BCUT2D eigenvalue weighted by Crippen LogP contribution is -2.25. The van der Waals surface area contributed by atoms with Gasteiger partial charge in [0.25, 0.3) is 0 Å². The molecule has 5 nitrogen and oxygen atoms in total. The molecule has 0 spiro atoms. The number of halogens is 2. The van der Waals surface area contributed by atoms with E-state index in [0.29, 0.717) is 29.6 Å². The van der Waals surface area contributed by atoms with Crippen LogP contribution >= 0.6 is 27.5 Å². The Hall–Kier alpha value is -1.58. The van der Waals surface area contributed by atoms with E-state index in [1.807, 2.05) is 6.07 Å². The lowest BCUT2D eigenvalue weighted by atomic mass is 10.2. The first-order valence-corrected chi connectivity index (χ1v) is 6.77. The first-order valence-electron chi connectivity index (χ1n) is 5.59. The molecule has 0 fully saturated rings. The Labute approximate surface area is 122 Å². The zero-order chi connectivity index (χ0) is 13.4. The minimum absolute atomic E-state index is 0.120. The van der Waals surface area contributed by atoms with Crippen LogP contribution in [0.2, 0.25) is 5.02 Å². The molecule has 19 heavy (non-hydrogen) atoms. The molecule has 2 heterocycles. The third kappa shape index (κ3) is 2.09. The van der Waals surface area contributed by atoms with Gasteiger partial charge in [-0.25, -0.2) is 9.97 Å². The Morgan fingerprint density at radius 3 is 3.21 bits per heavy atom. The van der Waals surface area contributed by atoms with Crippen molar-refractivity contribution >= 4 is 44.3 Å². The average Bonchev–Trinajstić information content (AvgIpc) is 2.57. The van der Waals surface area contributed by atoms with Crippen molar-refractivity contribution in [2.75, 3.05) is 11.9 Å². The molecule has 3 rings (SSSR count). The second kappa shape index (κ2) is 4.83. The number of nitrogens with one attached hydrogen (secondary N) is 1. The summed E-state index contributed by atoms with van der Waals surface area (Å²) in [6.45, 7) is 0.356. The van der Waals surface area contributed by atoms with E-state index < -0.39 is 0 Å². The molecule has 0 radical (unpaired) electrons. The number of ether oxygens (including phenoxy) is 1. The topological polar surface area (TPSA) is 70.8 Å². The van der Waals surface area contributed by atoms with Gasteiger partial charge in [0.2, 0.25) is 0 Å². The molecule has 0 saturated heterocycles. The largest absolute Gasteiger partial charge is 0.489 e. The number of anilines is 1. The van der Waals surface area contributed by atoms with Crippen LogP contribution in [0.3, 0.4) is 0 Å². The highest BCUT2D eigenvalue weighted by atomic mass is 79.9. The van der Waals surface area contributed by atoms with Crippen LogP contribution in [0.25, 0.3) is 10.9 Å². The first kappa shape index (κ1) is 12.5. The van der Waals surface area contributed by atoms with Gasteiger partial charge < -0.3 is 10.1 Å². The van der Waals surface area contributed by atoms with Crippen LogP contribution in [0.4, 0.5) is 5.82 Å². The molecular formula is C12H8BrClN4O. The quantitative estimate of drug-likeness (QED) is 0.864. The Morgan fingerprint density at radius 2 is 2.42 bits per heavy atom. The maximum absolute atomic E-state index is 8.81. The fraction of sp³-hybridized carbons (Fsp3) is 0.250. The van der Waals surface area contributed by atoms with Crippen molar-refractivity contribution in [1.29, 1.82) is 5.26 Å². The molecule has 0 unspecified atom stereocenters. The number of hydrogen-bond acceptors (Lipinski definition) is 5. The van der Waals surface area contributed by atoms with Crippen molar-refractivity contribution in [3.05, 3.63) is 21.9 Å². The van der Waals surface area contributed by atoms with Crippen LogP contribution < -0.4 is 10.1 Å². The van der Waals surface area contributed by atoms with Crippen molar-refractivity contribution < 1.29 is 4.74 Å². The summed E-state index contributed by atoms with van der Waals surface area (Å²) in [6, 6.07) is 3.82. The Kier molecular flexibility index (Phi) is 3.17. The van der Waals surface area contributed by atoms with E-state index in [9.17, 15) is 0 Å². The van der Waals surface area contributed by atoms with Crippen molar-refractivity contribution in [2.24, 2.45) is 0 Å². The molecule has 0 aliphatic carbocycles. The van der Waals surface area contributed by atoms with Gasteiger partial charge in [0.1, 0.15) is 18.8 Å². The molecule has 1 aromatic carbocycles. The molecule has 1 aliphatic rings. The smallest absolute Gasteiger partial charge is 0.152 e. The molecule has 7 heteroatoms. The maximum Gasteiger partial charge on any atom is 0.152 e. The summed E-state index contributed by atoms with van der Waals surface area (Å²) in [6.07, 6.45) is 1.81. The van der Waals surface area contributed by atoms with Gasteiger partial charge in [-0.15, -0.1) is 0 Å². The summed E-state index contributed by atoms with van der Waals surface area (Å²) >= 11 is 9.64. The van der Waals surface area contributed by atoms with Crippen molar-refractivity contribution in [1.82, 2.24) is 9.97 Å². The monoisotopic (exact) mass is 338 g/mol. The third-order valence-corrected chi connectivity index (χ3v) is 4.11. The number of hydrogen-bond donors (Lipinski definition) is 1. The predicted octanol–water partition coefficient (Wildman–Crippen LogP) is 3.13. The van der Waals surface area contributed by atoms with Crippen LogP contribution in [0.5, 0.6) is 5.75 Å². The third-order valence-electron chi connectivity index (χ3n) is 2.88. The second-order valence-electron chi connectivity index (χ2n) is 4.13. The highest BCUT2D eigenvalue weighted by Crippen LogP contribution is 2.42. The molecular weight excluding hydrogens is 332 g/mol. The molecule has 1 aromatic heterocycles. The van der Waals surface area contributed by atoms with Crippen LogP contribution in [-0.4, -0.2) is 22.6 Å².